The van der Waals surface area contributed by atoms with Crippen LogP contribution >= 0.6 is 0 Å². The molecule has 18 heavy (non-hydrogen) atoms. The summed E-state index contributed by atoms with van der Waals surface area (Å²) in [5, 5.41) is 11.1. The van der Waals surface area contributed by atoms with E-state index >= 15 is 0 Å². The van der Waals surface area contributed by atoms with Crippen LogP contribution in [0.3, 0.4) is 0 Å². The van der Waals surface area contributed by atoms with Gasteiger partial charge in [-0.1, -0.05) is 6.92 Å². The van der Waals surface area contributed by atoms with Crippen LogP contribution in [0.2, 0.25) is 0 Å². The lowest BCUT2D eigenvalue weighted by Crippen LogP contribution is -2.39. The molecule has 0 aromatic rings. The first kappa shape index (κ1) is 14.9. The van der Waals surface area contributed by atoms with Gasteiger partial charge in [-0.2, -0.15) is 0 Å². The van der Waals surface area contributed by atoms with Gasteiger partial charge in [-0.3, -0.25) is 9.59 Å². The maximum Gasteiger partial charge on any atom is 0.303 e. The molecule has 4 nitrogen and oxygen atoms in total. The van der Waals surface area contributed by atoms with Crippen LogP contribution in [0.4, 0.5) is 8.78 Å². The van der Waals surface area contributed by atoms with Crippen molar-refractivity contribution in [3.63, 3.8) is 0 Å². The predicted molar refractivity (Wildman–Crippen MR) is 61.3 cm³/mol. The van der Waals surface area contributed by atoms with Crippen molar-refractivity contribution >= 4 is 11.9 Å². The molecule has 1 amide bonds. The van der Waals surface area contributed by atoms with Crippen molar-refractivity contribution in [1.82, 2.24) is 5.32 Å². The molecular formula is C12H19F2NO3. The van der Waals surface area contributed by atoms with E-state index in [9.17, 15) is 18.4 Å². The van der Waals surface area contributed by atoms with Gasteiger partial charge in [-0.05, 0) is 18.8 Å². The van der Waals surface area contributed by atoms with E-state index < -0.39 is 24.2 Å². The monoisotopic (exact) mass is 263 g/mol. The minimum absolute atomic E-state index is 0.0406. The molecule has 0 spiro atoms. The standard InChI is InChI=1S/C12H19F2NO3/c1-8(5-10(16)17)7-15-11(18)9-3-2-4-12(13,14)6-9/h8-9H,2-7H2,1H3,(H,15,18)(H,16,17). The Kier molecular flexibility index (Phi) is 5.04. The second kappa shape index (κ2) is 6.11. The molecule has 2 atom stereocenters. The van der Waals surface area contributed by atoms with Crippen molar-refractivity contribution < 1.29 is 23.5 Å². The molecule has 0 aromatic heterocycles. The Hall–Kier alpha value is -1.20. The summed E-state index contributed by atoms with van der Waals surface area (Å²) in [4.78, 5) is 22.1. The Labute approximate surface area is 105 Å². The van der Waals surface area contributed by atoms with Crippen molar-refractivity contribution in [3.8, 4) is 0 Å². The third kappa shape index (κ3) is 4.98. The fourth-order valence-corrected chi connectivity index (χ4v) is 2.18. The molecule has 1 fully saturated rings. The summed E-state index contributed by atoms with van der Waals surface area (Å²) in [5.74, 6) is -4.90. The SMILES string of the molecule is CC(CNC(=O)C1CCCC(F)(F)C1)CC(=O)O. The van der Waals surface area contributed by atoms with Gasteiger partial charge in [0.25, 0.3) is 0 Å². The molecule has 2 N–H and O–H groups in total. The number of amides is 1. The lowest BCUT2D eigenvalue weighted by atomic mass is 9.86. The highest BCUT2D eigenvalue weighted by Crippen LogP contribution is 2.36. The van der Waals surface area contributed by atoms with Gasteiger partial charge < -0.3 is 10.4 Å². The van der Waals surface area contributed by atoms with Crippen molar-refractivity contribution in [2.24, 2.45) is 11.8 Å². The summed E-state index contributed by atoms with van der Waals surface area (Å²) in [6.45, 7) is 1.91. The number of hydrogen-bond donors (Lipinski definition) is 2. The van der Waals surface area contributed by atoms with Crippen molar-refractivity contribution in [2.45, 2.75) is 45.0 Å². The van der Waals surface area contributed by atoms with Gasteiger partial charge in [0.05, 0.1) is 0 Å². The molecule has 1 saturated carbocycles. The van der Waals surface area contributed by atoms with Crippen LogP contribution in [-0.4, -0.2) is 29.5 Å². The number of carbonyl (C=O) groups excluding carboxylic acids is 1. The number of aliphatic carboxylic acids is 1. The van der Waals surface area contributed by atoms with Crippen LogP contribution in [0.1, 0.15) is 39.0 Å². The summed E-state index contributed by atoms with van der Waals surface area (Å²) in [6, 6.07) is 0. The molecule has 0 bridgehead atoms. The van der Waals surface area contributed by atoms with Gasteiger partial charge in [0, 0.05) is 31.7 Å². The number of alkyl halides is 2. The number of hydrogen-bond acceptors (Lipinski definition) is 2. The molecule has 1 aliphatic carbocycles. The zero-order valence-electron chi connectivity index (χ0n) is 10.4. The Bertz CT molecular complexity index is 320. The first-order valence-electron chi connectivity index (χ1n) is 6.17. The molecule has 1 aliphatic rings. The molecule has 0 saturated heterocycles. The van der Waals surface area contributed by atoms with Crippen LogP contribution < -0.4 is 5.32 Å². The third-order valence-corrected chi connectivity index (χ3v) is 3.16. The summed E-state index contributed by atoms with van der Waals surface area (Å²) in [6.07, 6.45) is 0.254. The second-order valence-corrected chi connectivity index (χ2v) is 5.10. The topological polar surface area (TPSA) is 66.4 Å². The first-order valence-corrected chi connectivity index (χ1v) is 6.17. The van der Waals surface area contributed by atoms with Gasteiger partial charge in [-0.15, -0.1) is 0 Å². The van der Waals surface area contributed by atoms with Gasteiger partial charge in [0.1, 0.15) is 0 Å². The quantitative estimate of drug-likeness (QED) is 0.797. The van der Waals surface area contributed by atoms with Gasteiger partial charge >= 0.3 is 5.97 Å². The zero-order valence-corrected chi connectivity index (χ0v) is 10.4. The average molecular weight is 263 g/mol. The Morgan fingerprint density at radius 2 is 2.17 bits per heavy atom. The minimum atomic E-state index is -2.74. The van der Waals surface area contributed by atoms with E-state index in [1.165, 1.54) is 0 Å². The molecule has 0 radical (unpaired) electrons. The number of carboxylic acids is 1. The lowest BCUT2D eigenvalue weighted by Gasteiger charge is -2.28. The minimum Gasteiger partial charge on any atom is -0.481 e. The summed E-state index contributed by atoms with van der Waals surface area (Å²) in [5.41, 5.74) is 0. The smallest absolute Gasteiger partial charge is 0.303 e. The van der Waals surface area contributed by atoms with E-state index in [0.29, 0.717) is 12.8 Å². The highest BCUT2D eigenvalue weighted by molar-refractivity contribution is 5.78. The molecular weight excluding hydrogens is 244 g/mol. The fraction of sp³-hybridized carbons (Fsp3) is 0.833. The van der Waals surface area contributed by atoms with E-state index in [4.69, 9.17) is 5.11 Å². The fourth-order valence-electron chi connectivity index (χ4n) is 2.18. The Morgan fingerprint density at radius 3 is 2.72 bits per heavy atom. The number of carboxylic acid groups (broad SMARTS) is 1. The van der Waals surface area contributed by atoms with Crippen LogP contribution in [0.15, 0.2) is 0 Å². The van der Waals surface area contributed by atoms with Gasteiger partial charge in [0.15, 0.2) is 0 Å². The first-order chi connectivity index (χ1) is 8.30. The number of halogens is 2. The van der Waals surface area contributed by atoms with Crippen LogP contribution in [0.25, 0.3) is 0 Å². The molecule has 0 aromatic carbocycles. The van der Waals surface area contributed by atoms with Gasteiger partial charge in [-0.25, -0.2) is 8.78 Å². The average Bonchev–Trinajstić information content (AvgIpc) is 2.23. The van der Waals surface area contributed by atoms with E-state index in [-0.39, 0.29) is 31.2 Å². The van der Waals surface area contributed by atoms with Crippen LogP contribution in [-0.2, 0) is 9.59 Å². The summed E-state index contributed by atoms with van der Waals surface area (Å²) >= 11 is 0. The lowest BCUT2D eigenvalue weighted by molar-refractivity contribution is -0.138. The Morgan fingerprint density at radius 1 is 1.50 bits per heavy atom. The van der Waals surface area contributed by atoms with E-state index in [1.807, 2.05) is 0 Å². The molecule has 6 heteroatoms. The molecule has 2 unspecified atom stereocenters. The molecule has 1 rings (SSSR count). The normalized spacial score (nSPS) is 24.3. The second-order valence-electron chi connectivity index (χ2n) is 5.10. The van der Waals surface area contributed by atoms with Crippen molar-refractivity contribution in [3.05, 3.63) is 0 Å². The summed E-state index contributed by atoms with van der Waals surface area (Å²) < 4.78 is 26.3. The van der Waals surface area contributed by atoms with E-state index in [2.05, 4.69) is 5.32 Å². The van der Waals surface area contributed by atoms with E-state index in [0.717, 1.165) is 0 Å². The predicted octanol–water partition coefficient (Wildman–Crippen LogP) is 2.04. The number of carbonyl (C=O) groups is 2. The molecule has 0 heterocycles. The maximum absolute atomic E-state index is 13.1. The van der Waals surface area contributed by atoms with Gasteiger partial charge in [0.2, 0.25) is 11.8 Å². The molecule has 104 valence electrons. The number of nitrogens with one attached hydrogen (secondary N) is 1. The van der Waals surface area contributed by atoms with Crippen molar-refractivity contribution in [2.75, 3.05) is 6.54 Å². The van der Waals surface area contributed by atoms with E-state index in [1.54, 1.807) is 6.92 Å². The van der Waals surface area contributed by atoms with Crippen LogP contribution in [0.5, 0.6) is 0 Å². The number of rotatable bonds is 5. The maximum atomic E-state index is 13.1. The van der Waals surface area contributed by atoms with Crippen LogP contribution in [0, 0.1) is 11.8 Å². The Balaban J connectivity index is 2.34. The highest BCUT2D eigenvalue weighted by atomic mass is 19.3. The highest BCUT2D eigenvalue weighted by Gasteiger charge is 2.39. The zero-order chi connectivity index (χ0) is 13.8. The largest absolute Gasteiger partial charge is 0.481 e. The summed E-state index contributed by atoms with van der Waals surface area (Å²) in [7, 11) is 0. The third-order valence-electron chi connectivity index (χ3n) is 3.16. The molecule has 0 aliphatic heterocycles. The van der Waals surface area contributed by atoms with Crippen molar-refractivity contribution in [1.29, 1.82) is 0 Å².